The molecule has 114 valence electrons. The maximum atomic E-state index is 12.4. The summed E-state index contributed by atoms with van der Waals surface area (Å²) in [6.07, 6.45) is 0.780. The molecule has 1 atom stereocenters. The summed E-state index contributed by atoms with van der Waals surface area (Å²) in [5, 5.41) is 0. The van der Waals surface area contributed by atoms with Crippen molar-refractivity contribution in [2.75, 3.05) is 24.3 Å². The van der Waals surface area contributed by atoms with Gasteiger partial charge in [-0.05, 0) is 43.0 Å². The van der Waals surface area contributed by atoms with Gasteiger partial charge in [0.05, 0.1) is 7.11 Å². The predicted octanol–water partition coefficient (Wildman–Crippen LogP) is 2.09. The minimum absolute atomic E-state index is 0.0787. The zero-order valence-electron chi connectivity index (χ0n) is 12.0. The first-order valence-corrected chi connectivity index (χ1v) is 9.08. The lowest BCUT2D eigenvalue weighted by atomic mass is 10.3. The van der Waals surface area contributed by atoms with Crippen molar-refractivity contribution in [1.29, 1.82) is 0 Å². The van der Waals surface area contributed by atoms with E-state index in [-0.39, 0.29) is 10.9 Å². The lowest BCUT2D eigenvalue weighted by Gasteiger charge is -2.16. The van der Waals surface area contributed by atoms with Crippen LogP contribution in [0, 0.1) is 0 Å². The van der Waals surface area contributed by atoms with Gasteiger partial charge in [0.25, 0.3) is 0 Å². The molecule has 0 heterocycles. The number of nitrogen functional groups attached to an aromatic ring is 1. The molecule has 1 aromatic carbocycles. The second kappa shape index (κ2) is 7.75. The Labute approximate surface area is 125 Å². The lowest BCUT2D eigenvalue weighted by molar-refractivity contribution is 0.402. The Hall–Kier alpha value is -0.920. The summed E-state index contributed by atoms with van der Waals surface area (Å²) in [5.74, 6) is 2.25. The van der Waals surface area contributed by atoms with Crippen LogP contribution in [0.15, 0.2) is 23.1 Å². The van der Waals surface area contributed by atoms with E-state index < -0.39 is 10.0 Å². The number of methoxy groups -OCH3 is 1. The molecule has 1 rings (SSSR count). The molecule has 0 spiro atoms. The van der Waals surface area contributed by atoms with E-state index in [2.05, 4.69) is 11.6 Å². The lowest BCUT2D eigenvalue weighted by Crippen LogP contribution is -2.33. The number of rotatable bonds is 8. The number of nitrogens with one attached hydrogen (secondary N) is 1. The van der Waals surface area contributed by atoms with Gasteiger partial charge < -0.3 is 10.5 Å². The van der Waals surface area contributed by atoms with Gasteiger partial charge in [0.1, 0.15) is 10.6 Å². The van der Waals surface area contributed by atoms with Gasteiger partial charge in [0.15, 0.2) is 0 Å². The predicted molar refractivity (Wildman–Crippen MR) is 84.8 cm³/mol. The van der Waals surface area contributed by atoms with Crippen LogP contribution in [-0.4, -0.2) is 33.1 Å². The van der Waals surface area contributed by atoms with Gasteiger partial charge in [-0.25, -0.2) is 13.1 Å². The summed E-state index contributed by atoms with van der Waals surface area (Å²) in [6.45, 7) is 3.93. The molecule has 3 N–H and O–H groups in total. The smallest absolute Gasteiger partial charge is 0.244 e. The molecule has 1 aromatic rings. The van der Waals surface area contributed by atoms with Gasteiger partial charge in [-0.3, -0.25) is 0 Å². The summed E-state index contributed by atoms with van der Waals surface area (Å²) in [6, 6.07) is 4.44. The van der Waals surface area contributed by atoms with Crippen molar-refractivity contribution < 1.29 is 13.2 Å². The molecule has 5 nitrogen and oxygen atoms in total. The standard InChI is InChI=1S/C13H22N2O3S2/c1-4-19-8-7-10(2)15-20(16,17)13-9-11(14)5-6-12(13)18-3/h5-6,9-10,15H,4,7-8,14H2,1-3H3. The zero-order valence-corrected chi connectivity index (χ0v) is 13.7. The number of nitrogens with two attached hydrogens (primary N) is 1. The van der Waals surface area contributed by atoms with Crippen LogP contribution in [0.2, 0.25) is 0 Å². The molecule has 7 heteroatoms. The van der Waals surface area contributed by atoms with E-state index in [0.29, 0.717) is 11.4 Å². The van der Waals surface area contributed by atoms with Crippen molar-refractivity contribution in [3.63, 3.8) is 0 Å². The number of thioether (sulfide) groups is 1. The van der Waals surface area contributed by atoms with E-state index in [4.69, 9.17) is 10.5 Å². The Bertz CT molecular complexity index is 532. The van der Waals surface area contributed by atoms with Crippen molar-refractivity contribution in [3.8, 4) is 5.75 Å². The van der Waals surface area contributed by atoms with Crippen molar-refractivity contribution in [2.24, 2.45) is 0 Å². The summed E-state index contributed by atoms with van der Waals surface area (Å²) in [7, 11) is -2.19. The maximum Gasteiger partial charge on any atom is 0.244 e. The molecule has 0 bridgehead atoms. The third-order valence-electron chi connectivity index (χ3n) is 2.73. The fourth-order valence-corrected chi connectivity index (χ4v) is 3.99. The molecule has 0 aliphatic heterocycles. The number of anilines is 1. The molecule has 0 amide bonds. The summed E-state index contributed by atoms with van der Waals surface area (Å²) in [4.78, 5) is 0.0787. The largest absolute Gasteiger partial charge is 0.495 e. The van der Waals surface area contributed by atoms with E-state index in [9.17, 15) is 8.42 Å². The molecule has 0 saturated heterocycles. The van der Waals surface area contributed by atoms with Crippen LogP contribution >= 0.6 is 11.8 Å². The molecule has 0 radical (unpaired) electrons. The fraction of sp³-hybridized carbons (Fsp3) is 0.538. The van der Waals surface area contributed by atoms with Gasteiger partial charge in [-0.1, -0.05) is 6.92 Å². The van der Waals surface area contributed by atoms with E-state index in [0.717, 1.165) is 17.9 Å². The summed E-state index contributed by atoms with van der Waals surface area (Å²) < 4.78 is 32.5. The van der Waals surface area contributed by atoms with E-state index in [1.807, 2.05) is 6.92 Å². The molecule has 0 saturated carbocycles. The van der Waals surface area contributed by atoms with Gasteiger partial charge >= 0.3 is 0 Å². The third-order valence-corrected chi connectivity index (χ3v) is 5.28. The highest BCUT2D eigenvalue weighted by molar-refractivity contribution is 7.99. The van der Waals surface area contributed by atoms with E-state index in [1.165, 1.54) is 13.2 Å². The van der Waals surface area contributed by atoms with Crippen LogP contribution in [0.25, 0.3) is 0 Å². The Morgan fingerprint density at radius 1 is 1.45 bits per heavy atom. The molecule has 1 unspecified atom stereocenters. The molecule has 0 aliphatic rings. The quantitative estimate of drug-likeness (QED) is 0.566. The second-order valence-electron chi connectivity index (χ2n) is 4.42. The first-order valence-electron chi connectivity index (χ1n) is 6.44. The third kappa shape index (κ3) is 4.88. The monoisotopic (exact) mass is 318 g/mol. The Kier molecular flexibility index (Phi) is 6.64. The number of sulfonamides is 1. The van der Waals surface area contributed by atoms with Gasteiger partial charge in [0.2, 0.25) is 10.0 Å². The van der Waals surface area contributed by atoms with Crippen molar-refractivity contribution in [1.82, 2.24) is 4.72 Å². The van der Waals surface area contributed by atoms with Gasteiger partial charge in [0, 0.05) is 11.7 Å². The Balaban J connectivity index is 2.85. The second-order valence-corrected chi connectivity index (χ2v) is 7.49. The number of hydrogen-bond acceptors (Lipinski definition) is 5. The SMILES string of the molecule is CCSCCC(C)NS(=O)(=O)c1cc(N)ccc1OC. The summed E-state index contributed by atoms with van der Waals surface area (Å²) >= 11 is 1.79. The van der Waals surface area contributed by atoms with Crippen molar-refractivity contribution >= 4 is 27.5 Å². The number of benzene rings is 1. The van der Waals surface area contributed by atoms with E-state index >= 15 is 0 Å². The molecule has 0 fully saturated rings. The van der Waals surface area contributed by atoms with Gasteiger partial charge in [-0.15, -0.1) is 0 Å². The number of ether oxygens (including phenoxy) is 1. The first kappa shape index (κ1) is 17.1. The molecule has 0 aromatic heterocycles. The topological polar surface area (TPSA) is 81.4 Å². The normalized spacial score (nSPS) is 13.2. The van der Waals surface area contributed by atoms with Crippen molar-refractivity contribution in [3.05, 3.63) is 18.2 Å². The molecule has 20 heavy (non-hydrogen) atoms. The minimum atomic E-state index is -3.63. The highest BCUT2D eigenvalue weighted by Crippen LogP contribution is 2.26. The van der Waals surface area contributed by atoms with Crippen molar-refractivity contribution in [2.45, 2.75) is 31.2 Å². The van der Waals surface area contributed by atoms with Crippen LogP contribution in [0.1, 0.15) is 20.3 Å². The van der Waals surface area contributed by atoms with Crippen LogP contribution in [0.3, 0.4) is 0 Å². The van der Waals surface area contributed by atoms with Crippen LogP contribution < -0.4 is 15.2 Å². The minimum Gasteiger partial charge on any atom is -0.495 e. The molecular formula is C13H22N2O3S2. The molecular weight excluding hydrogens is 296 g/mol. The fourth-order valence-electron chi connectivity index (χ4n) is 1.70. The average Bonchev–Trinajstić information content (AvgIpc) is 2.38. The maximum absolute atomic E-state index is 12.4. The van der Waals surface area contributed by atoms with Crippen LogP contribution in [0.4, 0.5) is 5.69 Å². The summed E-state index contributed by atoms with van der Waals surface area (Å²) in [5.41, 5.74) is 6.05. The Morgan fingerprint density at radius 3 is 2.75 bits per heavy atom. The Morgan fingerprint density at radius 2 is 2.15 bits per heavy atom. The molecule has 0 aliphatic carbocycles. The highest BCUT2D eigenvalue weighted by Gasteiger charge is 2.21. The highest BCUT2D eigenvalue weighted by atomic mass is 32.2. The van der Waals surface area contributed by atoms with Gasteiger partial charge in [-0.2, -0.15) is 11.8 Å². The number of hydrogen-bond donors (Lipinski definition) is 2. The average molecular weight is 318 g/mol. The van der Waals surface area contributed by atoms with E-state index in [1.54, 1.807) is 23.9 Å². The first-order chi connectivity index (χ1) is 9.40. The zero-order chi connectivity index (χ0) is 15.2. The van der Waals surface area contributed by atoms with Crippen LogP contribution in [0.5, 0.6) is 5.75 Å². The van der Waals surface area contributed by atoms with Crippen LogP contribution in [-0.2, 0) is 10.0 Å².